The Labute approximate surface area is 129 Å². The lowest BCUT2D eigenvalue weighted by Gasteiger charge is -2.12. The number of aromatic nitrogens is 1. The van der Waals surface area contributed by atoms with E-state index in [1.807, 2.05) is 49.6 Å². The van der Waals surface area contributed by atoms with Crippen LogP contribution in [-0.4, -0.2) is 15.7 Å². The van der Waals surface area contributed by atoms with Gasteiger partial charge in [-0.1, -0.05) is 17.7 Å². The molecule has 0 bridgehead atoms. The highest BCUT2D eigenvalue weighted by Gasteiger charge is 2.20. The second-order valence-electron chi connectivity index (χ2n) is 5.06. The molecule has 0 saturated carbocycles. The molecule has 0 radical (unpaired) electrons. The number of aryl methyl sites for hydroxylation is 2. The highest BCUT2D eigenvalue weighted by Crippen LogP contribution is 2.28. The van der Waals surface area contributed by atoms with E-state index in [0.717, 1.165) is 22.6 Å². The van der Waals surface area contributed by atoms with Crippen molar-refractivity contribution >= 4 is 29.0 Å². The van der Waals surface area contributed by atoms with E-state index in [2.05, 4.69) is 0 Å². The van der Waals surface area contributed by atoms with Crippen LogP contribution in [-0.2, 0) is 0 Å². The summed E-state index contributed by atoms with van der Waals surface area (Å²) in [4.78, 5) is 12.1. The van der Waals surface area contributed by atoms with Crippen LogP contribution in [0.3, 0.4) is 0 Å². The molecule has 106 valence electrons. The van der Waals surface area contributed by atoms with E-state index in [1.165, 1.54) is 0 Å². The van der Waals surface area contributed by atoms with Gasteiger partial charge in [-0.05, 0) is 51.5 Å². The fourth-order valence-electron chi connectivity index (χ4n) is 2.39. The van der Waals surface area contributed by atoms with E-state index < -0.39 is 5.38 Å². The van der Waals surface area contributed by atoms with Gasteiger partial charge in [0.25, 0.3) is 0 Å². The molecular formula is C16H17Cl2NO. The Morgan fingerprint density at radius 2 is 1.85 bits per heavy atom. The molecule has 2 rings (SSSR count). The van der Waals surface area contributed by atoms with E-state index >= 15 is 0 Å². The number of halogens is 2. The van der Waals surface area contributed by atoms with E-state index in [-0.39, 0.29) is 5.78 Å². The number of ketones is 1. The largest absolute Gasteiger partial charge is 0.316 e. The maximum absolute atomic E-state index is 12.1. The number of carbonyl (C=O) groups is 1. The number of hydrogen-bond donors (Lipinski definition) is 0. The number of nitrogens with zero attached hydrogens (tertiary/aromatic N) is 1. The molecule has 2 nitrogen and oxygen atoms in total. The second-order valence-corrected chi connectivity index (χ2v) is 6.12. The van der Waals surface area contributed by atoms with Crippen molar-refractivity contribution < 1.29 is 4.79 Å². The van der Waals surface area contributed by atoms with Crippen LogP contribution in [0.25, 0.3) is 5.69 Å². The van der Waals surface area contributed by atoms with Crippen molar-refractivity contribution in [1.29, 1.82) is 0 Å². The number of carbonyl (C=O) groups excluding carboxylic acids is 1. The Bertz CT molecular complexity index is 671. The van der Waals surface area contributed by atoms with Gasteiger partial charge in [0, 0.05) is 17.0 Å². The smallest absolute Gasteiger partial charge is 0.182 e. The molecule has 2 aromatic rings. The van der Waals surface area contributed by atoms with E-state index in [4.69, 9.17) is 23.2 Å². The Balaban J connectivity index is 2.61. The van der Waals surface area contributed by atoms with Gasteiger partial charge in [0.05, 0.1) is 16.1 Å². The molecule has 1 aromatic carbocycles. The molecule has 0 aliphatic carbocycles. The highest BCUT2D eigenvalue weighted by atomic mass is 35.5. The summed E-state index contributed by atoms with van der Waals surface area (Å²) in [6, 6.07) is 7.76. The summed E-state index contributed by atoms with van der Waals surface area (Å²) in [7, 11) is 0. The summed E-state index contributed by atoms with van der Waals surface area (Å²) in [6.07, 6.45) is 0. The van der Waals surface area contributed by atoms with Crippen molar-refractivity contribution in [3.8, 4) is 5.69 Å². The summed E-state index contributed by atoms with van der Waals surface area (Å²) in [6.45, 7) is 7.55. The number of alkyl halides is 1. The second kappa shape index (κ2) is 5.63. The maximum atomic E-state index is 12.1. The third-order valence-corrected chi connectivity index (χ3v) is 3.90. The number of rotatable bonds is 3. The predicted molar refractivity (Wildman–Crippen MR) is 84.6 cm³/mol. The van der Waals surface area contributed by atoms with Gasteiger partial charge in [0.2, 0.25) is 0 Å². The topological polar surface area (TPSA) is 22.0 Å². The van der Waals surface area contributed by atoms with Crippen LogP contribution in [0.4, 0.5) is 0 Å². The molecule has 0 aliphatic rings. The van der Waals surface area contributed by atoms with Crippen LogP contribution < -0.4 is 0 Å². The van der Waals surface area contributed by atoms with Crippen LogP contribution >= 0.6 is 23.2 Å². The molecule has 0 N–H and O–H groups in total. The molecule has 0 spiro atoms. The van der Waals surface area contributed by atoms with Crippen molar-refractivity contribution in [2.45, 2.75) is 33.1 Å². The summed E-state index contributed by atoms with van der Waals surface area (Å²) in [5, 5.41) is 0.141. The molecule has 1 heterocycles. The number of benzene rings is 1. The number of hydrogen-bond acceptors (Lipinski definition) is 1. The molecule has 1 unspecified atom stereocenters. The highest BCUT2D eigenvalue weighted by molar-refractivity contribution is 6.34. The molecule has 4 heteroatoms. The van der Waals surface area contributed by atoms with Crippen molar-refractivity contribution in [3.63, 3.8) is 0 Å². The molecule has 0 saturated heterocycles. The first kappa shape index (κ1) is 15.1. The molecular weight excluding hydrogens is 293 g/mol. The van der Waals surface area contributed by atoms with Crippen LogP contribution in [0.5, 0.6) is 0 Å². The van der Waals surface area contributed by atoms with Gasteiger partial charge in [0.15, 0.2) is 5.78 Å². The summed E-state index contributed by atoms with van der Waals surface area (Å²) in [5.41, 5.74) is 4.47. The van der Waals surface area contributed by atoms with E-state index in [0.29, 0.717) is 10.6 Å². The quantitative estimate of drug-likeness (QED) is 0.586. The Morgan fingerprint density at radius 1 is 1.20 bits per heavy atom. The summed E-state index contributed by atoms with van der Waals surface area (Å²) >= 11 is 12.2. The standard InChI is InChI=1S/C16H17Cl2NO/c1-9-5-6-15(14(18)7-9)19-10(2)8-13(12(19)4)16(20)11(3)17/h5-8,11H,1-4H3. The monoisotopic (exact) mass is 309 g/mol. The van der Waals surface area contributed by atoms with Gasteiger partial charge in [-0.15, -0.1) is 11.6 Å². The predicted octanol–water partition coefficient (Wildman–Crippen LogP) is 4.87. The molecule has 0 amide bonds. The van der Waals surface area contributed by atoms with Crippen LogP contribution in [0.15, 0.2) is 24.3 Å². The van der Waals surface area contributed by atoms with Gasteiger partial charge < -0.3 is 4.57 Å². The SMILES string of the molecule is Cc1ccc(-n2c(C)cc(C(=O)C(C)Cl)c2C)c(Cl)c1. The third kappa shape index (κ3) is 2.63. The van der Waals surface area contributed by atoms with Crippen molar-refractivity contribution in [3.05, 3.63) is 51.8 Å². The van der Waals surface area contributed by atoms with Crippen LogP contribution in [0, 0.1) is 20.8 Å². The minimum absolute atomic E-state index is 0.0609. The zero-order chi connectivity index (χ0) is 15.0. The maximum Gasteiger partial charge on any atom is 0.182 e. The summed E-state index contributed by atoms with van der Waals surface area (Å²) in [5.74, 6) is -0.0609. The zero-order valence-corrected chi connectivity index (χ0v) is 13.5. The molecule has 1 atom stereocenters. The first-order valence-electron chi connectivity index (χ1n) is 6.46. The van der Waals surface area contributed by atoms with Crippen molar-refractivity contribution in [2.24, 2.45) is 0 Å². The average Bonchev–Trinajstić information content (AvgIpc) is 2.65. The first-order chi connectivity index (χ1) is 9.32. The lowest BCUT2D eigenvalue weighted by Crippen LogP contribution is -2.11. The van der Waals surface area contributed by atoms with Crippen LogP contribution in [0.2, 0.25) is 5.02 Å². The third-order valence-electron chi connectivity index (χ3n) is 3.40. The van der Waals surface area contributed by atoms with Gasteiger partial charge in [-0.3, -0.25) is 4.79 Å². The van der Waals surface area contributed by atoms with Gasteiger partial charge in [-0.25, -0.2) is 0 Å². The molecule has 0 aliphatic heterocycles. The van der Waals surface area contributed by atoms with Crippen molar-refractivity contribution in [1.82, 2.24) is 4.57 Å². The van der Waals surface area contributed by atoms with Gasteiger partial charge in [-0.2, -0.15) is 0 Å². The Morgan fingerprint density at radius 3 is 2.40 bits per heavy atom. The minimum atomic E-state index is -0.530. The number of Topliss-reactive ketones (excluding diaryl/α,β-unsaturated/α-hetero) is 1. The fourth-order valence-corrected chi connectivity index (χ4v) is 2.83. The average molecular weight is 310 g/mol. The normalized spacial score (nSPS) is 12.5. The minimum Gasteiger partial charge on any atom is -0.316 e. The zero-order valence-electron chi connectivity index (χ0n) is 12.0. The molecule has 0 fully saturated rings. The van der Waals surface area contributed by atoms with E-state index in [9.17, 15) is 4.79 Å². The summed E-state index contributed by atoms with van der Waals surface area (Å²) < 4.78 is 1.99. The van der Waals surface area contributed by atoms with Gasteiger partial charge in [0.1, 0.15) is 0 Å². The van der Waals surface area contributed by atoms with Crippen molar-refractivity contribution in [2.75, 3.05) is 0 Å². The molecule has 20 heavy (non-hydrogen) atoms. The Hall–Kier alpha value is -1.25. The lowest BCUT2D eigenvalue weighted by molar-refractivity contribution is 0.0991. The lowest BCUT2D eigenvalue weighted by atomic mass is 10.1. The van der Waals surface area contributed by atoms with Gasteiger partial charge >= 0.3 is 0 Å². The van der Waals surface area contributed by atoms with E-state index in [1.54, 1.807) is 6.92 Å². The fraction of sp³-hybridized carbons (Fsp3) is 0.312. The first-order valence-corrected chi connectivity index (χ1v) is 7.28. The Kier molecular flexibility index (Phi) is 4.26. The van der Waals surface area contributed by atoms with Crippen LogP contribution in [0.1, 0.15) is 34.2 Å². The molecule has 1 aromatic heterocycles.